The van der Waals surface area contributed by atoms with Gasteiger partial charge in [-0.2, -0.15) is 0 Å². The highest BCUT2D eigenvalue weighted by Crippen LogP contribution is 2.51. The summed E-state index contributed by atoms with van der Waals surface area (Å²) < 4.78 is 5.40. The fraction of sp³-hybridized carbons (Fsp3) is 0.917. The molecule has 15 heavy (non-hydrogen) atoms. The second kappa shape index (κ2) is 3.48. The van der Waals surface area contributed by atoms with E-state index in [0.29, 0.717) is 11.8 Å². The maximum Gasteiger partial charge on any atom is 0.309 e. The van der Waals surface area contributed by atoms with Crippen molar-refractivity contribution in [2.45, 2.75) is 51.7 Å². The first-order valence-corrected chi connectivity index (χ1v) is 5.85. The zero-order valence-corrected chi connectivity index (χ0v) is 9.82. The van der Waals surface area contributed by atoms with E-state index in [1.165, 1.54) is 6.42 Å². The molecule has 3 heteroatoms. The Kier molecular flexibility index (Phi) is 2.53. The monoisotopic (exact) mass is 211 g/mol. The van der Waals surface area contributed by atoms with E-state index in [9.17, 15) is 4.79 Å². The van der Waals surface area contributed by atoms with Crippen molar-refractivity contribution < 1.29 is 9.53 Å². The molecule has 2 rings (SSSR count). The second-order valence-electron chi connectivity index (χ2n) is 6.03. The van der Waals surface area contributed by atoms with Crippen LogP contribution >= 0.6 is 0 Å². The third kappa shape index (κ3) is 2.51. The Bertz CT molecular complexity index is 269. The number of rotatable bonds is 1. The fourth-order valence-electron chi connectivity index (χ4n) is 2.61. The molecule has 2 N–H and O–H groups in total. The average molecular weight is 211 g/mol. The summed E-state index contributed by atoms with van der Waals surface area (Å²) in [6.07, 6.45) is 3.03. The molecule has 4 unspecified atom stereocenters. The molecule has 0 aromatic carbocycles. The van der Waals surface area contributed by atoms with Gasteiger partial charge in [-0.15, -0.1) is 0 Å². The van der Waals surface area contributed by atoms with Crippen LogP contribution in [0.4, 0.5) is 0 Å². The van der Waals surface area contributed by atoms with Gasteiger partial charge in [-0.05, 0) is 51.9 Å². The van der Waals surface area contributed by atoms with Crippen LogP contribution in [0.2, 0.25) is 0 Å². The van der Waals surface area contributed by atoms with Gasteiger partial charge in [0.25, 0.3) is 0 Å². The molecule has 0 bridgehead atoms. The molecule has 0 aromatic rings. The van der Waals surface area contributed by atoms with Crippen LogP contribution in [-0.2, 0) is 9.53 Å². The summed E-state index contributed by atoms with van der Waals surface area (Å²) in [6.45, 7) is 5.73. The van der Waals surface area contributed by atoms with Crippen molar-refractivity contribution in [3.05, 3.63) is 0 Å². The van der Waals surface area contributed by atoms with E-state index in [-0.39, 0.29) is 23.5 Å². The first-order valence-electron chi connectivity index (χ1n) is 5.85. The van der Waals surface area contributed by atoms with Crippen LogP contribution in [0.5, 0.6) is 0 Å². The van der Waals surface area contributed by atoms with Gasteiger partial charge in [0.15, 0.2) is 0 Å². The van der Waals surface area contributed by atoms with Crippen LogP contribution in [0, 0.1) is 17.8 Å². The Morgan fingerprint density at radius 1 is 1.27 bits per heavy atom. The Labute approximate surface area is 91.4 Å². The predicted octanol–water partition coefficient (Wildman–Crippen LogP) is 1.70. The molecule has 0 spiro atoms. The Morgan fingerprint density at radius 2 is 1.93 bits per heavy atom. The molecule has 0 heterocycles. The minimum atomic E-state index is -0.373. The smallest absolute Gasteiger partial charge is 0.309 e. The lowest BCUT2D eigenvalue weighted by Gasteiger charge is -2.28. The maximum absolute atomic E-state index is 11.8. The number of carbonyl (C=O) groups is 1. The molecule has 2 fully saturated rings. The normalized spacial score (nSPS) is 39.5. The van der Waals surface area contributed by atoms with Crippen molar-refractivity contribution in [1.82, 2.24) is 0 Å². The number of hydrogen-bond donors (Lipinski definition) is 1. The fourth-order valence-corrected chi connectivity index (χ4v) is 2.61. The minimum absolute atomic E-state index is 0.0444. The van der Waals surface area contributed by atoms with Gasteiger partial charge in [0.05, 0.1) is 5.92 Å². The van der Waals surface area contributed by atoms with Crippen LogP contribution in [-0.4, -0.2) is 17.6 Å². The van der Waals surface area contributed by atoms with E-state index in [2.05, 4.69) is 0 Å². The Morgan fingerprint density at radius 3 is 2.47 bits per heavy atom. The van der Waals surface area contributed by atoms with E-state index >= 15 is 0 Å². The molecule has 3 nitrogen and oxygen atoms in total. The number of nitrogens with two attached hydrogens (primary N) is 1. The van der Waals surface area contributed by atoms with E-state index < -0.39 is 0 Å². The zero-order chi connectivity index (χ0) is 11.2. The van der Waals surface area contributed by atoms with Crippen LogP contribution in [0.25, 0.3) is 0 Å². The lowest BCUT2D eigenvalue weighted by Crippen LogP contribution is -2.37. The van der Waals surface area contributed by atoms with Crippen molar-refractivity contribution in [1.29, 1.82) is 0 Å². The largest absolute Gasteiger partial charge is 0.460 e. The van der Waals surface area contributed by atoms with E-state index in [0.717, 1.165) is 12.8 Å². The van der Waals surface area contributed by atoms with Crippen LogP contribution in [0.3, 0.4) is 0 Å². The van der Waals surface area contributed by atoms with Gasteiger partial charge in [-0.1, -0.05) is 0 Å². The first-order chi connectivity index (χ1) is 6.87. The summed E-state index contributed by atoms with van der Waals surface area (Å²) in [6, 6.07) is 0.223. The molecule has 2 saturated carbocycles. The van der Waals surface area contributed by atoms with Crippen molar-refractivity contribution in [2.75, 3.05) is 0 Å². The highest BCUT2D eigenvalue weighted by atomic mass is 16.6. The van der Waals surface area contributed by atoms with E-state index in [4.69, 9.17) is 10.5 Å². The summed E-state index contributed by atoms with van der Waals surface area (Å²) >= 11 is 0. The second-order valence-corrected chi connectivity index (χ2v) is 6.03. The standard InChI is InChI=1S/C12H21NO2/c1-12(2,3)15-11(14)8-4-7-5-9(7)10(13)6-8/h7-10H,4-6,13H2,1-3H3. The predicted molar refractivity (Wildman–Crippen MR) is 58.1 cm³/mol. The van der Waals surface area contributed by atoms with Gasteiger partial charge in [0, 0.05) is 6.04 Å². The molecule has 0 saturated heterocycles. The number of fused-ring (bicyclic) bond motifs is 1. The molecule has 0 aliphatic heterocycles. The quantitative estimate of drug-likeness (QED) is 0.672. The third-order valence-electron chi connectivity index (χ3n) is 3.41. The van der Waals surface area contributed by atoms with Crippen molar-refractivity contribution in [3.63, 3.8) is 0 Å². The van der Waals surface area contributed by atoms with Gasteiger partial charge in [0.2, 0.25) is 0 Å². The van der Waals surface area contributed by atoms with Crippen LogP contribution in [0.15, 0.2) is 0 Å². The minimum Gasteiger partial charge on any atom is -0.460 e. The molecule has 0 radical (unpaired) electrons. The third-order valence-corrected chi connectivity index (χ3v) is 3.41. The molecule has 4 atom stereocenters. The average Bonchev–Trinajstić information content (AvgIpc) is 2.79. The molecule has 86 valence electrons. The van der Waals surface area contributed by atoms with Crippen molar-refractivity contribution >= 4 is 5.97 Å². The molecule has 0 aromatic heterocycles. The van der Waals surface area contributed by atoms with E-state index in [1.807, 2.05) is 20.8 Å². The van der Waals surface area contributed by atoms with Crippen LogP contribution in [0.1, 0.15) is 40.0 Å². The highest BCUT2D eigenvalue weighted by molar-refractivity contribution is 5.73. The van der Waals surface area contributed by atoms with Gasteiger partial charge >= 0.3 is 5.97 Å². The maximum atomic E-state index is 11.8. The molecule has 0 amide bonds. The summed E-state index contributed by atoms with van der Waals surface area (Å²) in [5.74, 6) is 1.39. The summed E-state index contributed by atoms with van der Waals surface area (Å²) in [5.41, 5.74) is 5.63. The lowest BCUT2D eigenvalue weighted by atomic mass is 9.86. The number of esters is 1. The summed E-state index contributed by atoms with van der Waals surface area (Å²) in [4.78, 5) is 11.8. The summed E-state index contributed by atoms with van der Waals surface area (Å²) in [7, 11) is 0. The zero-order valence-electron chi connectivity index (χ0n) is 9.82. The van der Waals surface area contributed by atoms with Crippen molar-refractivity contribution in [2.24, 2.45) is 23.5 Å². The lowest BCUT2D eigenvalue weighted by molar-refractivity contribution is -0.161. The number of hydrogen-bond acceptors (Lipinski definition) is 3. The van der Waals surface area contributed by atoms with Crippen molar-refractivity contribution in [3.8, 4) is 0 Å². The van der Waals surface area contributed by atoms with Gasteiger partial charge in [-0.3, -0.25) is 4.79 Å². The van der Waals surface area contributed by atoms with E-state index in [1.54, 1.807) is 0 Å². The van der Waals surface area contributed by atoms with Gasteiger partial charge in [0.1, 0.15) is 5.60 Å². The molecule has 2 aliphatic rings. The first kappa shape index (κ1) is 10.9. The molecular weight excluding hydrogens is 190 g/mol. The molecule has 2 aliphatic carbocycles. The Hall–Kier alpha value is -0.570. The van der Waals surface area contributed by atoms with Crippen LogP contribution < -0.4 is 5.73 Å². The van der Waals surface area contributed by atoms with Gasteiger partial charge in [-0.25, -0.2) is 0 Å². The topological polar surface area (TPSA) is 52.3 Å². The summed E-state index contributed by atoms with van der Waals surface area (Å²) in [5, 5.41) is 0. The molecular formula is C12H21NO2. The number of carbonyl (C=O) groups excluding carboxylic acids is 1. The van der Waals surface area contributed by atoms with Gasteiger partial charge < -0.3 is 10.5 Å². The SMILES string of the molecule is CC(C)(C)OC(=O)C1CC(N)C2CC2C1. The number of ether oxygens (including phenoxy) is 1. The highest BCUT2D eigenvalue weighted by Gasteiger charge is 2.49. The Balaban J connectivity index is 1.90.